The van der Waals surface area contributed by atoms with E-state index in [2.05, 4.69) is 0 Å². The number of carbonyl (C=O) groups is 2. The first-order valence-electron chi connectivity index (χ1n) is 5.32. The van der Waals surface area contributed by atoms with Crippen LogP contribution in [0.2, 0.25) is 0 Å². The zero-order valence-corrected chi connectivity index (χ0v) is 9.82. The Hall–Kier alpha value is -1.06. The van der Waals surface area contributed by atoms with Crippen molar-refractivity contribution in [3.05, 3.63) is 0 Å². The third kappa shape index (κ3) is 3.53. The highest BCUT2D eigenvalue weighted by Crippen LogP contribution is 2.29. The zero-order valence-electron chi connectivity index (χ0n) is 9.82. The highest BCUT2D eigenvalue weighted by Gasteiger charge is 2.37. The monoisotopic (exact) mass is 213 g/mol. The maximum atomic E-state index is 11.8. The zero-order chi connectivity index (χ0) is 11.6. The van der Waals surface area contributed by atoms with Crippen molar-refractivity contribution in [2.45, 2.75) is 58.2 Å². The molecule has 0 aromatic carbocycles. The molecule has 4 heteroatoms. The van der Waals surface area contributed by atoms with E-state index in [1.54, 1.807) is 6.92 Å². The van der Waals surface area contributed by atoms with Gasteiger partial charge >= 0.3 is 6.09 Å². The fourth-order valence-electron chi connectivity index (χ4n) is 1.38. The van der Waals surface area contributed by atoms with Gasteiger partial charge in [-0.25, -0.2) is 4.79 Å². The molecule has 0 radical (unpaired) electrons. The molecule has 1 aliphatic carbocycles. The molecule has 1 amide bonds. The third-order valence-corrected chi connectivity index (χ3v) is 2.18. The Kier molecular flexibility index (Phi) is 3.37. The van der Waals surface area contributed by atoms with Gasteiger partial charge in [0.1, 0.15) is 11.9 Å². The summed E-state index contributed by atoms with van der Waals surface area (Å²) in [6.07, 6.45) is 2.33. The topological polar surface area (TPSA) is 46.6 Å². The van der Waals surface area contributed by atoms with Crippen molar-refractivity contribution in [1.82, 2.24) is 4.90 Å². The summed E-state index contributed by atoms with van der Waals surface area (Å²) in [5.74, 6) is 0. The molecule has 15 heavy (non-hydrogen) atoms. The maximum absolute atomic E-state index is 11.8. The Morgan fingerprint density at radius 2 is 2.00 bits per heavy atom. The minimum absolute atomic E-state index is 0.194. The van der Waals surface area contributed by atoms with Crippen molar-refractivity contribution in [3.8, 4) is 0 Å². The number of carbonyl (C=O) groups excluding carboxylic acids is 2. The lowest BCUT2D eigenvalue weighted by atomic mass is 10.2. The standard InChI is InChI=1S/C11H19NO3/c1-8(7-13)12(9-5-6-9)10(14)15-11(2,3)4/h7-9H,5-6H2,1-4H3. The number of hydrogen-bond donors (Lipinski definition) is 0. The van der Waals surface area contributed by atoms with Crippen molar-refractivity contribution < 1.29 is 14.3 Å². The Morgan fingerprint density at radius 1 is 1.47 bits per heavy atom. The van der Waals surface area contributed by atoms with Gasteiger partial charge in [0.15, 0.2) is 0 Å². The van der Waals surface area contributed by atoms with E-state index in [0.29, 0.717) is 0 Å². The predicted octanol–water partition coefficient (Wildman–Crippen LogP) is 1.97. The van der Waals surface area contributed by atoms with Crippen molar-refractivity contribution in [2.75, 3.05) is 0 Å². The van der Waals surface area contributed by atoms with Crippen LogP contribution in [0.25, 0.3) is 0 Å². The summed E-state index contributed by atoms with van der Waals surface area (Å²) in [6.45, 7) is 7.18. The third-order valence-electron chi connectivity index (χ3n) is 2.18. The van der Waals surface area contributed by atoms with Gasteiger partial charge in [0.05, 0.1) is 6.04 Å². The van der Waals surface area contributed by atoms with Crippen LogP contribution in [0.4, 0.5) is 4.79 Å². The van der Waals surface area contributed by atoms with Crippen molar-refractivity contribution in [1.29, 1.82) is 0 Å². The molecule has 0 aromatic heterocycles. The highest BCUT2D eigenvalue weighted by atomic mass is 16.6. The van der Waals surface area contributed by atoms with Crippen LogP contribution >= 0.6 is 0 Å². The van der Waals surface area contributed by atoms with Crippen LogP contribution in [0.3, 0.4) is 0 Å². The van der Waals surface area contributed by atoms with Crippen molar-refractivity contribution >= 4 is 12.4 Å². The number of amides is 1. The van der Waals surface area contributed by atoms with Crippen LogP contribution in [-0.4, -0.2) is 35.0 Å². The van der Waals surface area contributed by atoms with Crippen molar-refractivity contribution in [3.63, 3.8) is 0 Å². The van der Waals surface area contributed by atoms with Crippen LogP contribution in [0.1, 0.15) is 40.5 Å². The molecule has 1 saturated carbocycles. The lowest BCUT2D eigenvalue weighted by molar-refractivity contribution is -0.112. The van der Waals surface area contributed by atoms with Crippen molar-refractivity contribution in [2.24, 2.45) is 0 Å². The second-order valence-electron chi connectivity index (χ2n) is 5.00. The largest absolute Gasteiger partial charge is 0.444 e. The normalized spacial score (nSPS) is 18.1. The van der Waals surface area contributed by atoms with Gasteiger partial charge in [0, 0.05) is 6.04 Å². The predicted molar refractivity (Wildman–Crippen MR) is 56.6 cm³/mol. The first-order chi connectivity index (χ1) is 6.85. The van der Waals surface area contributed by atoms with E-state index in [1.807, 2.05) is 20.8 Å². The van der Waals surface area contributed by atoms with Crippen LogP contribution in [0.5, 0.6) is 0 Å². The van der Waals surface area contributed by atoms with Gasteiger partial charge in [-0.15, -0.1) is 0 Å². The molecule has 4 nitrogen and oxygen atoms in total. The quantitative estimate of drug-likeness (QED) is 0.673. The first-order valence-corrected chi connectivity index (χ1v) is 5.32. The van der Waals surface area contributed by atoms with Gasteiger partial charge in [-0.3, -0.25) is 4.90 Å². The number of aldehydes is 1. The number of hydrogen-bond acceptors (Lipinski definition) is 3. The molecule has 0 N–H and O–H groups in total. The summed E-state index contributed by atoms with van der Waals surface area (Å²) in [5, 5.41) is 0. The SMILES string of the molecule is CC(C=O)N(C(=O)OC(C)(C)C)C1CC1. The van der Waals surface area contributed by atoms with Crippen LogP contribution in [0, 0.1) is 0 Å². The molecule has 0 aromatic rings. The number of rotatable bonds is 3. The molecule has 1 atom stereocenters. The maximum Gasteiger partial charge on any atom is 0.411 e. The summed E-state index contributed by atoms with van der Waals surface area (Å²) in [6, 6.07) is -0.201. The Bertz CT molecular complexity index is 253. The summed E-state index contributed by atoms with van der Waals surface area (Å²) >= 11 is 0. The molecular weight excluding hydrogens is 194 g/mol. The van der Waals surface area contributed by atoms with E-state index in [1.165, 1.54) is 4.90 Å². The molecule has 0 aliphatic heterocycles. The summed E-state index contributed by atoms with van der Waals surface area (Å²) in [4.78, 5) is 24.0. The van der Waals surface area contributed by atoms with Crippen LogP contribution < -0.4 is 0 Å². The van der Waals surface area contributed by atoms with E-state index < -0.39 is 11.6 Å². The Balaban J connectivity index is 2.63. The Morgan fingerprint density at radius 3 is 2.33 bits per heavy atom. The number of ether oxygens (including phenoxy) is 1. The average molecular weight is 213 g/mol. The van der Waals surface area contributed by atoms with Gasteiger partial charge in [-0.2, -0.15) is 0 Å². The lowest BCUT2D eigenvalue weighted by Crippen LogP contribution is -2.44. The number of nitrogens with zero attached hydrogens (tertiary/aromatic N) is 1. The molecule has 1 aliphatic rings. The first kappa shape index (κ1) is 12.0. The highest BCUT2D eigenvalue weighted by molar-refractivity contribution is 5.74. The Labute approximate surface area is 90.6 Å². The molecule has 0 saturated heterocycles. The van der Waals surface area contributed by atoms with E-state index >= 15 is 0 Å². The minimum Gasteiger partial charge on any atom is -0.444 e. The second-order valence-corrected chi connectivity index (χ2v) is 5.00. The van der Waals surface area contributed by atoms with E-state index in [-0.39, 0.29) is 12.1 Å². The van der Waals surface area contributed by atoms with E-state index in [4.69, 9.17) is 4.74 Å². The fraction of sp³-hybridized carbons (Fsp3) is 0.818. The van der Waals surface area contributed by atoms with E-state index in [9.17, 15) is 9.59 Å². The lowest BCUT2D eigenvalue weighted by Gasteiger charge is -2.29. The fourth-order valence-corrected chi connectivity index (χ4v) is 1.38. The molecule has 0 spiro atoms. The van der Waals surface area contributed by atoms with Gasteiger partial charge in [-0.05, 0) is 40.5 Å². The summed E-state index contributed by atoms with van der Waals surface area (Å²) < 4.78 is 5.25. The molecule has 1 fully saturated rings. The molecular formula is C11H19NO3. The van der Waals surface area contributed by atoms with Gasteiger partial charge < -0.3 is 9.53 Å². The second kappa shape index (κ2) is 4.21. The van der Waals surface area contributed by atoms with Crippen LogP contribution in [-0.2, 0) is 9.53 Å². The minimum atomic E-state index is -0.507. The molecule has 0 bridgehead atoms. The summed E-state index contributed by atoms with van der Waals surface area (Å²) in [7, 11) is 0. The molecule has 0 heterocycles. The smallest absolute Gasteiger partial charge is 0.411 e. The van der Waals surface area contributed by atoms with E-state index in [0.717, 1.165) is 19.1 Å². The van der Waals surface area contributed by atoms with Gasteiger partial charge in [0.2, 0.25) is 0 Å². The molecule has 1 unspecified atom stereocenters. The molecule has 1 rings (SSSR count). The van der Waals surface area contributed by atoms with Gasteiger partial charge in [0.25, 0.3) is 0 Å². The van der Waals surface area contributed by atoms with Gasteiger partial charge in [-0.1, -0.05) is 0 Å². The summed E-state index contributed by atoms with van der Waals surface area (Å²) in [5.41, 5.74) is -0.507. The average Bonchev–Trinajstić information content (AvgIpc) is 2.85. The van der Waals surface area contributed by atoms with Crippen LogP contribution in [0.15, 0.2) is 0 Å². The molecule has 86 valence electrons.